The second-order valence-corrected chi connectivity index (χ2v) is 4.99. The zero-order chi connectivity index (χ0) is 14.1. The Bertz CT molecular complexity index is 644. The molecule has 1 N–H and O–H groups in total. The molecule has 0 aromatic carbocycles. The van der Waals surface area contributed by atoms with Gasteiger partial charge in [-0.25, -0.2) is 9.78 Å². The molecule has 2 aromatic heterocycles. The second-order valence-electron chi connectivity index (χ2n) is 4.99. The fourth-order valence-corrected chi connectivity index (χ4v) is 2.67. The number of ether oxygens (including phenoxy) is 1. The van der Waals surface area contributed by atoms with Gasteiger partial charge in [-0.1, -0.05) is 0 Å². The van der Waals surface area contributed by atoms with Crippen LogP contribution < -0.4 is 4.74 Å². The van der Waals surface area contributed by atoms with Crippen molar-refractivity contribution < 1.29 is 14.6 Å². The van der Waals surface area contributed by atoms with Gasteiger partial charge in [0.05, 0.1) is 19.2 Å². The number of imidazole rings is 1. The van der Waals surface area contributed by atoms with Crippen molar-refractivity contribution in [2.24, 2.45) is 0 Å². The first kappa shape index (κ1) is 12.9. The molecule has 106 valence electrons. The fourth-order valence-electron chi connectivity index (χ4n) is 2.67. The van der Waals surface area contributed by atoms with Crippen LogP contribution in [0.1, 0.15) is 29.2 Å². The summed E-state index contributed by atoms with van der Waals surface area (Å²) in [6.45, 7) is 2.78. The summed E-state index contributed by atoms with van der Waals surface area (Å²) in [5.74, 6) is 0.387. The molecule has 0 amide bonds. The predicted molar refractivity (Wildman–Crippen MR) is 73.2 cm³/mol. The number of rotatable bonds is 4. The molecule has 0 bridgehead atoms. The van der Waals surface area contributed by atoms with Crippen molar-refractivity contribution in [1.82, 2.24) is 14.3 Å². The normalized spacial score (nSPS) is 15.8. The topological polar surface area (TPSA) is 67.1 Å². The van der Waals surface area contributed by atoms with Crippen LogP contribution in [0.4, 0.5) is 0 Å². The van der Waals surface area contributed by atoms with E-state index in [1.807, 2.05) is 16.7 Å². The molecular formula is C14H17N3O3. The summed E-state index contributed by atoms with van der Waals surface area (Å²) >= 11 is 0. The van der Waals surface area contributed by atoms with E-state index in [2.05, 4.69) is 9.88 Å². The van der Waals surface area contributed by atoms with Crippen molar-refractivity contribution in [2.75, 3.05) is 20.2 Å². The first-order valence-corrected chi connectivity index (χ1v) is 6.69. The van der Waals surface area contributed by atoms with Gasteiger partial charge in [0.2, 0.25) is 0 Å². The minimum absolute atomic E-state index is 0.0816. The summed E-state index contributed by atoms with van der Waals surface area (Å²) < 4.78 is 6.99. The van der Waals surface area contributed by atoms with Crippen molar-refractivity contribution in [3.05, 3.63) is 29.8 Å². The minimum atomic E-state index is -1.01. The molecular weight excluding hydrogens is 258 g/mol. The van der Waals surface area contributed by atoms with Gasteiger partial charge in [0.25, 0.3) is 0 Å². The number of hydrogen-bond donors (Lipinski definition) is 1. The molecule has 0 atom stereocenters. The third-order valence-electron chi connectivity index (χ3n) is 3.69. The number of aromatic carboxylic acids is 1. The number of fused-ring (bicyclic) bond motifs is 1. The molecule has 1 aliphatic heterocycles. The zero-order valence-electron chi connectivity index (χ0n) is 11.4. The number of carboxylic acid groups (broad SMARTS) is 1. The largest absolute Gasteiger partial charge is 0.497 e. The Labute approximate surface area is 116 Å². The predicted octanol–water partition coefficient (Wildman–Crippen LogP) is 1.64. The Balaban J connectivity index is 2.05. The van der Waals surface area contributed by atoms with Crippen LogP contribution in [0.5, 0.6) is 5.75 Å². The van der Waals surface area contributed by atoms with Crippen LogP contribution in [0.2, 0.25) is 0 Å². The zero-order valence-corrected chi connectivity index (χ0v) is 11.4. The van der Waals surface area contributed by atoms with Gasteiger partial charge in [-0.05, 0) is 32.0 Å². The molecule has 20 heavy (non-hydrogen) atoms. The maximum atomic E-state index is 11.3. The van der Waals surface area contributed by atoms with Gasteiger partial charge in [-0.3, -0.25) is 4.90 Å². The Kier molecular flexibility index (Phi) is 3.31. The van der Waals surface area contributed by atoms with Gasteiger partial charge in [-0.2, -0.15) is 0 Å². The van der Waals surface area contributed by atoms with Gasteiger partial charge < -0.3 is 14.2 Å². The van der Waals surface area contributed by atoms with E-state index < -0.39 is 5.97 Å². The van der Waals surface area contributed by atoms with Crippen molar-refractivity contribution in [3.63, 3.8) is 0 Å². The van der Waals surface area contributed by atoms with E-state index in [-0.39, 0.29) is 5.69 Å². The third kappa shape index (κ3) is 2.22. The van der Waals surface area contributed by atoms with E-state index in [9.17, 15) is 9.90 Å². The van der Waals surface area contributed by atoms with E-state index in [1.165, 1.54) is 12.8 Å². The standard InChI is InChI=1S/C14H17N3O3/c1-20-10-4-7-17-11(8-10)13(14(18)19)15-12(17)9-16-5-2-3-6-16/h4,7-8H,2-3,5-6,9H2,1H3,(H,18,19). The molecule has 6 heteroatoms. The maximum absolute atomic E-state index is 11.3. The van der Waals surface area contributed by atoms with Gasteiger partial charge in [-0.15, -0.1) is 0 Å². The molecule has 3 rings (SSSR count). The molecule has 0 aliphatic carbocycles. The Morgan fingerprint density at radius 3 is 2.85 bits per heavy atom. The number of pyridine rings is 1. The quantitative estimate of drug-likeness (QED) is 0.918. The molecule has 3 heterocycles. The van der Waals surface area contributed by atoms with Crippen LogP contribution in [-0.4, -0.2) is 45.6 Å². The molecule has 0 unspecified atom stereocenters. The van der Waals surface area contributed by atoms with E-state index in [0.717, 1.165) is 18.9 Å². The van der Waals surface area contributed by atoms with E-state index in [1.54, 1.807) is 13.2 Å². The summed E-state index contributed by atoms with van der Waals surface area (Å²) in [5.41, 5.74) is 0.657. The SMILES string of the molecule is COc1ccn2c(CN3CCCC3)nc(C(=O)O)c2c1. The smallest absolute Gasteiger partial charge is 0.356 e. The van der Waals surface area contributed by atoms with E-state index in [4.69, 9.17) is 4.74 Å². The van der Waals surface area contributed by atoms with Crippen LogP contribution >= 0.6 is 0 Å². The van der Waals surface area contributed by atoms with Crippen LogP contribution in [-0.2, 0) is 6.54 Å². The molecule has 1 aliphatic rings. The van der Waals surface area contributed by atoms with Crippen LogP contribution in [0.15, 0.2) is 18.3 Å². The number of hydrogen-bond acceptors (Lipinski definition) is 4. The third-order valence-corrected chi connectivity index (χ3v) is 3.69. The molecule has 0 radical (unpaired) electrons. The number of carboxylic acids is 1. The molecule has 1 fully saturated rings. The van der Waals surface area contributed by atoms with Crippen LogP contribution in [0.3, 0.4) is 0 Å². The van der Waals surface area contributed by atoms with E-state index in [0.29, 0.717) is 17.8 Å². The second kappa shape index (κ2) is 5.13. The molecule has 6 nitrogen and oxygen atoms in total. The van der Waals surface area contributed by atoms with E-state index >= 15 is 0 Å². The fraction of sp³-hybridized carbons (Fsp3) is 0.429. The van der Waals surface area contributed by atoms with Crippen molar-refractivity contribution >= 4 is 11.5 Å². The highest BCUT2D eigenvalue weighted by Crippen LogP contribution is 2.21. The Morgan fingerprint density at radius 2 is 2.20 bits per heavy atom. The van der Waals surface area contributed by atoms with Gasteiger partial charge in [0, 0.05) is 12.3 Å². The first-order valence-electron chi connectivity index (χ1n) is 6.69. The average molecular weight is 275 g/mol. The lowest BCUT2D eigenvalue weighted by atomic mass is 10.3. The summed E-state index contributed by atoms with van der Waals surface area (Å²) in [6.07, 6.45) is 4.21. The molecule has 1 saturated heterocycles. The number of likely N-dealkylation sites (tertiary alicyclic amines) is 1. The maximum Gasteiger partial charge on any atom is 0.356 e. The summed E-state index contributed by atoms with van der Waals surface area (Å²) in [6, 6.07) is 3.53. The van der Waals surface area contributed by atoms with Crippen molar-refractivity contribution in [3.8, 4) is 5.75 Å². The number of methoxy groups -OCH3 is 1. The van der Waals surface area contributed by atoms with Crippen molar-refractivity contribution in [2.45, 2.75) is 19.4 Å². The van der Waals surface area contributed by atoms with Crippen LogP contribution in [0, 0.1) is 0 Å². The summed E-state index contributed by atoms with van der Waals surface area (Å²) in [7, 11) is 1.56. The highest BCUT2D eigenvalue weighted by molar-refractivity contribution is 5.94. The molecule has 2 aromatic rings. The lowest BCUT2D eigenvalue weighted by molar-refractivity contribution is 0.0693. The van der Waals surface area contributed by atoms with Gasteiger partial charge in [0.1, 0.15) is 11.6 Å². The summed E-state index contributed by atoms with van der Waals surface area (Å²) in [5, 5.41) is 9.29. The lowest BCUT2D eigenvalue weighted by Gasteiger charge is -2.13. The highest BCUT2D eigenvalue weighted by atomic mass is 16.5. The number of carbonyl (C=O) groups is 1. The molecule has 0 saturated carbocycles. The van der Waals surface area contributed by atoms with Crippen molar-refractivity contribution in [1.29, 1.82) is 0 Å². The number of nitrogens with zero attached hydrogens (tertiary/aromatic N) is 3. The highest BCUT2D eigenvalue weighted by Gasteiger charge is 2.20. The lowest BCUT2D eigenvalue weighted by Crippen LogP contribution is -2.20. The van der Waals surface area contributed by atoms with Crippen LogP contribution in [0.25, 0.3) is 5.52 Å². The summed E-state index contributed by atoms with van der Waals surface area (Å²) in [4.78, 5) is 17.9. The Morgan fingerprint density at radius 1 is 1.45 bits per heavy atom. The number of aromatic nitrogens is 2. The Hall–Kier alpha value is -2.08. The first-order chi connectivity index (χ1) is 9.69. The molecule has 0 spiro atoms. The minimum Gasteiger partial charge on any atom is -0.497 e. The van der Waals surface area contributed by atoms with Gasteiger partial charge >= 0.3 is 5.97 Å². The monoisotopic (exact) mass is 275 g/mol. The average Bonchev–Trinajstić information content (AvgIpc) is 3.07. The van der Waals surface area contributed by atoms with Gasteiger partial charge in [0.15, 0.2) is 5.69 Å².